The van der Waals surface area contributed by atoms with Gasteiger partial charge in [-0.1, -0.05) is 0 Å². The van der Waals surface area contributed by atoms with Crippen molar-refractivity contribution in [1.29, 1.82) is 0 Å². The van der Waals surface area contributed by atoms with Crippen molar-refractivity contribution in [2.75, 3.05) is 6.54 Å². The molecule has 1 amide bonds. The minimum atomic E-state index is 0.190. The molecule has 2 heterocycles. The average molecular weight is 238 g/mol. The zero-order valence-electron chi connectivity index (χ0n) is 9.53. The van der Waals surface area contributed by atoms with Crippen molar-refractivity contribution in [2.45, 2.75) is 32.4 Å². The van der Waals surface area contributed by atoms with Gasteiger partial charge in [0.1, 0.15) is 0 Å². The number of carbonyl (C=O) groups is 1. The summed E-state index contributed by atoms with van der Waals surface area (Å²) in [6.45, 7) is 3.76. The summed E-state index contributed by atoms with van der Waals surface area (Å²) in [7, 11) is 0. The molecule has 2 atom stereocenters. The third kappa shape index (κ3) is 3.06. The van der Waals surface area contributed by atoms with Crippen molar-refractivity contribution >= 4 is 17.2 Å². The maximum Gasteiger partial charge on any atom is 0.223 e. The lowest BCUT2D eigenvalue weighted by Gasteiger charge is -2.27. The Morgan fingerprint density at radius 1 is 1.69 bits per heavy atom. The lowest BCUT2D eigenvalue weighted by Crippen LogP contribution is -2.42. The fourth-order valence-corrected chi connectivity index (χ4v) is 2.77. The van der Waals surface area contributed by atoms with E-state index in [0.717, 1.165) is 19.4 Å². The summed E-state index contributed by atoms with van der Waals surface area (Å²) in [6, 6.07) is 2.52. The van der Waals surface area contributed by atoms with Gasteiger partial charge in [-0.3, -0.25) is 4.79 Å². The molecule has 0 saturated carbocycles. The summed E-state index contributed by atoms with van der Waals surface area (Å²) in [5, 5.41) is 10.5. The topological polar surface area (TPSA) is 41.1 Å². The van der Waals surface area contributed by atoms with Gasteiger partial charge in [-0.05, 0) is 48.7 Å². The molecular formula is C12H18N2OS. The molecule has 1 aromatic heterocycles. The Kier molecular flexibility index (Phi) is 3.96. The number of rotatable bonds is 3. The van der Waals surface area contributed by atoms with E-state index >= 15 is 0 Å². The summed E-state index contributed by atoms with van der Waals surface area (Å²) < 4.78 is 0. The van der Waals surface area contributed by atoms with Gasteiger partial charge in [-0.25, -0.2) is 0 Å². The summed E-state index contributed by atoms with van der Waals surface area (Å²) in [5.41, 5.74) is 1.19. The molecule has 0 bridgehead atoms. The Balaban J connectivity index is 1.79. The Hall–Kier alpha value is -0.870. The fourth-order valence-electron chi connectivity index (χ4n) is 2.10. The van der Waals surface area contributed by atoms with Gasteiger partial charge in [0, 0.05) is 18.5 Å². The first kappa shape index (κ1) is 11.6. The van der Waals surface area contributed by atoms with Crippen LogP contribution in [0, 0.1) is 5.92 Å². The molecule has 88 valence electrons. The minimum Gasteiger partial charge on any atom is -0.352 e. The fraction of sp³-hybridized carbons (Fsp3) is 0.583. The highest BCUT2D eigenvalue weighted by Gasteiger charge is 2.24. The molecule has 1 aromatic rings. The number of carbonyl (C=O) groups excluding carboxylic acids is 1. The van der Waals surface area contributed by atoms with Crippen LogP contribution in [-0.2, 0) is 11.3 Å². The molecular weight excluding hydrogens is 220 g/mol. The molecule has 0 aromatic carbocycles. The van der Waals surface area contributed by atoms with Gasteiger partial charge in [0.05, 0.1) is 0 Å². The molecule has 2 N–H and O–H groups in total. The van der Waals surface area contributed by atoms with E-state index in [0.29, 0.717) is 12.6 Å². The summed E-state index contributed by atoms with van der Waals surface area (Å²) in [4.78, 5) is 11.9. The SMILES string of the molecule is C[C@H]1C[C@@H](C(=O)NCc2ccsc2)CCN1. The molecule has 1 saturated heterocycles. The molecule has 0 aliphatic carbocycles. The Morgan fingerprint density at radius 2 is 2.56 bits per heavy atom. The number of piperidine rings is 1. The van der Waals surface area contributed by atoms with Gasteiger partial charge in [-0.15, -0.1) is 0 Å². The van der Waals surface area contributed by atoms with Crippen LogP contribution in [0.1, 0.15) is 25.3 Å². The van der Waals surface area contributed by atoms with E-state index in [2.05, 4.69) is 29.0 Å². The smallest absolute Gasteiger partial charge is 0.223 e. The standard InChI is InChI=1S/C12H18N2OS/c1-9-6-11(2-4-13-9)12(15)14-7-10-3-5-16-8-10/h3,5,8-9,11,13H,2,4,6-7H2,1H3,(H,14,15)/t9-,11-/m0/s1. The van der Waals surface area contributed by atoms with Crippen LogP contribution in [0.15, 0.2) is 16.8 Å². The average Bonchev–Trinajstić information content (AvgIpc) is 2.78. The Bertz CT molecular complexity index is 337. The first-order chi connectivity index (χ1) is 7.75. The van der Waals surface area contributed by atoms with Gasteiger partial charge in [0.2, 0.25) is 5.91 Å². The van der Waals surface area contributed by atoms with Crippen molar-refractivity contribution in [2.24, 2.45) is 5.92 Å². The summed E-state index contributed by atoms with van der Waals surface area (Å²) in [5.74, 6) is 0.398. The molecule has 0 spiro atoms. The highest BCUT2D eigenvalue weighted by atomic mass is 32.1. The van der Waals surface area contributed by atoms with Crippen molar-refractivity contribution in [1.82, 2.24) is 10.6 Å². The zero-order valence-corrected chi connectivity index (χ0v) is 10.3. The van der Waals surface area contributed by atoms with Crippen LogP contribution in [0.5, 0.6) is 0 Å². The lowest BCUT2D eigenvalue weighted by atomic mass is 9.92. The zero-order chi connectivity index (χ0) is 11.4. The number of hydrogen-bond donors (Lipinski definition) is 2. The van der Waals surface area contributed by atoms with Crippen LogP contribution >= 0.6 is 11.3 Å². The first-order valence-corrected chi connectivity index (χ1v) is 6.72. The van der Waals surface area contributed by atoms with Gasteiger partial charge < -0.3 is 10.6 Å². The lowest BCUT2D eigenvalue weighted by molar-refractivity contribution is -0.126. The van der Waals surface area contributed by atoms with Crippen molar-refractivity contribution in [3.63, 3.8) is 0 Å². The van der Waals surface area contributed by atoms with Gasteiger partial charge >= 0.3 is 0 Å². The molecule has 16 heavy (non-hydrogen) atoms. The van der Waals surface area contributed by atoms with Crippen LogP contribution < -0.4 is 10.6 Å². The molecule has 2 rings (SSSR count). The van der Waals surface area contributed by atoms with Gasteiger partial charge in [0.15, 0.2) is 0 Å². The second kappa shape index (κ2) is 5.46. The molecule has 0 unspecified atom stereocenters. The maximum atomic E-state index is 11.9. The maximum absolute atomic E-state index is 11.9. The van der Waals surface area contributed by atoms with Gasteiger partial charge in [-0.2, -0.15) is 11.3 Å². The first-order valence-electron chi connectivity index (χ1n) is 5.78. The third-order valence-corrected chi connectivity index (χ3v) is 3.77. The Labute approximate surface area is 100 Å². The number of hydrogen-bond acceptors (Lipinski definition) is 3. The van der Waals surface area contributed by atoms with E-state index in [4.69, 9.17) is 0 Å². The molecule has 0 radical (unpaired) electrons. The predicted octanol–water partition coefficient (Wildman–Crippen LogP) is 1.75. The monoisotopic (exact) mass is 238 g/mol. The van der Waals surface area contributed by atoms with E-state index < -0.39 is 0 Å². The normalized spacial score (nSPS) is 25.3. The second-order valence-electron chi connectivity index (χ2n) is 4.43. The molecule has 4 heteroatoms. The highest BCUT2D eigenvalue weighted by Crippen LogP contribution is 2.16. The van der Waals surface area contributed by atoms with Crippen LogP contribution in [0.2, 0.25) is 0 Å². The summed E-state index contributed by atoms with van der Waals surface area (Å²) >= 11 is 1.67. The van der Waals surface area contributed by atoms with E-state index in [1.807, 2.05) is 5.38 Å². The largest absolute Gasteiger partial charge is 0.352 e. The van der Waals surface area contributed by atoms with Crippen molar-refractivity contribution in [3.05, 3.63) is 22.4 Å². The quantitative estimate of drug-likeness (QED) is 0.842. The van der Waals surface area contributed by atoms with Crippen LogP contribution in [0.3, 0.4) is 0 Å². The van der Waals surface area contributed by atoms with Crippen molar-refractivity contribution < 1.29 is 4.79 Å². The number of nitrogens with one attached hydrogen (secondary N) is 2. The predicted molar refractivity (Wildman–Crippen MR) is 66.4 cm³/mol. The van der Waals surface area contributed by atoms with E-state index in [9.17, 15) is 4.79 Å². The number of amides is 1. The second-order valence-corrected chi connectivity index (χ2v) is 5.21. The van der Waals surface area contributed by atoms with Crippen LogP contribution in [0.25, 0.3) is 0 Å². The van der Waals surface area contributed by atoms with Crippen LogP contribution in [0.4, 0.5) is 0 Å². The van der Waals surface area contributed by atoms with E-state index in [1.54, 1.807) is 11.3 Å². The number of thiophene rings is 1. The molecule has 1 fully saturated rings. The third-order valence-electron chi connectivity index (χ3n) is 3.04. The molecule has 1 aliphatic rings. The molecule has 3 nitrogen and oxygen atoms in total. The van der Waals surface area contributed by atoms with Crippen molar-refractivity contribution in [3.8, 4) is 0 Å². The van der Waals surface area contributed by atoms with Gasteiger partial charge in [0.25, 0.3) is 0 Å². The summed E-state index contributed by atoms with van der Waals surface area (Å²) in [6.07, 6.45) is 1.91. The Morgan fingerprint density at radius 3 is 3.25 bits per heavy atom. The van der Waals surface area contributed by atoms with E-state index in [1.165, 1.54) is 5.56 Å². The molecule has 1 aliphatic heterocycles. The van der Waals surface area contributed by atoms with Crippen LogP contribution in [-0.4, -0.2) is 18.5 Å². The van der Waals surface area contributed by atoms with E-state index in [-0.39, 0.29) is 11.8 Å². The minimum absolute atomic E-state index is 0.190. The highest BCUT2D eigenvalue weighted by molar-refractivity contribution is 7.07.